The highest BCUT2D eigenvalue weighted by Gasteiger charge is 2.33. The summed E-state index contributed by atoms with van der Waals surface area (Å²) in [7, 11) is 0. The second-order valence-electron chi connectivity index (χ2n) is 5.53. The molecule has 1 aromatic rings. The molecule has 0 unspecified atom stereocenters. The maximum absolute atomic E-state index is 11.8. The van der Waals surface area contributed by atoms with Gasteiger partial charge in [-0.3, -0.25) is 0 Å². The molecule has 0 saturated heterocycles. The fraction of sp³-hybridized carbons (Fsp3) is 0.615. The number of rotatable bonds is 5. The van der Waals surface area contributed by atoms with Gasteiger partial charge >= 0.3 is 6.09 Å². The first kappa shape index (κ1) is 15.9. The van der Waals surface area contributed by atoms with E-state index in [2.05, 4.69) is 5.32 Å². The number of carbonyl (C=O) groups excluding carboxylic acids is 1. The maximum Gasteiger partial charge on any atom is 0.408 e. The van der Waals surface area contributed by atoms with Gasteiger partial charge in [0.2, 0.25) is 0 Å². The van der Waals surface area contributed by atoms with E-state index in [4.69, 9.17) is 4.74 Å². The minimum Gasteiger partial charge on any atom is -0.444 e. The second kappa shape index (κ2) is 6.36. The summed E-state index contributed by atoms with van der Waals surface area (Å²) >= 11 is 1.52. The predicted molar refractivity (Wildman–Crippen MR) is 74.3 cm³/mol. The van der Waals surface area contributed by atoms with Crippen molar-refractivity contribution in [1.82, 2.24) is 5.32 Å². The third-order valence-corrected chi connectivity index (χ3v) is 3.23. The molecule has 0 bridgehead atoms. The van der Waals surface area contributed by atoms with Crippen LogP contribution in [0.3, 0.4) is 0 Å². The van der Waals surface area contributed by atoms with Gasteiger partial charge in [0.1, 0.15) is 5.60 Å². The Kier molecular flexibility index (Phi) is 5.34. The molecule has 0 radical (unpaired) electrons. The number of alkyl carbamates (subject to hydrolysis) is 1. The molecule has 1 amide bonds. The lowest BCUT2D eigenvalue weighted by atomic mass is 9.94. The zero-order valence-corrected chi connectivity index (χ0v) is 12.3. The zero-order valence-electron chi connectivity index (χ0n) is 11.5. The van der Waals surface area contributed by atoms with Crippen molar-refractivity contribution in [2.24, 2.45) is 0 Å². The van der Waals surface area contributed by atoms with Crippen LogP contribution >= 0.6 is 11.3 Å². The van der Waals surface area contributed by atoms with Crippen molar-refractivity contribution >= 4 is 17.4 Å². The van der Waals surface area contributed by atoms with Crippen molar-refractivity contribution < 1.29 is 19.7 Å². The molecule has 0 aliphatic rings. The summed E-state index contributed by atoms with van der Waals surface area (Å²) in [6, 6.07) is 1.89. The van der Waals surface area contributed by atoms with Crippen LogP contribution in [-0.2, 0) is 11.2 Å². The molecular formula is C13H21NO4S. The number of aliphatic hydroxyl groups is 2. The van der Waals surface area contributed by atoms with Crippen LogP contribution in [0.4, 0.5) is 4.79 Å². The zero-order chi connectivity index (χ0) is 14.5. The number of amides is 1. The van der Waals surface area contributed by atoms with Gasteiger partial charge in [0.25, 0.3) is 0 Å². The van der Waals surface area contributed by atoms with Crippen LogP contribution in [-0.4, -0.2) is 40.7 Å². The molecular weight excluding hydrogens is 266 g/mol. The SMILES string of the molecule is CC(C)(C)OC(=O)NC(CO)(CO)Cc1ccsc1. The Morgan fingerprint density at radius 2 is 2.00 bits per heavy atom. The maximum atomic E-state index is 11.8. The van der Waals surface area contributed by atoms with E-state index in [1.807, 2.05) is 16.8 Å². The summed E-state index contributed by atoms with van der Waals surface area (Å²) in [5, 5.41) is 25.4. The molecule has 1 rings (SSSR count). The molecule has 0 aliphatic carbocycles. The summed E-state index contributed by atoms with van der Waals surface area (Å²) in [4.78, 5) is 11.8. The number of carbonyl (C=O) groups is 1. The van der Waals surface area contributed by atoms with Crippen LogP contribution in [0, 0.1) is 0 Å². The molecule has 0 saturated carbocycles. The van der Waals surface area contributed by atoms with Gasteiger partial charge < -0.3 is 20.3 Å². The Morgan fingerprint density at radius 1 is 1.37 bits per heavy atom. The molecule has 19 heavy (non-hydrogen) atoms. The first-order valence-electron chi connectivity index (χ1n) is 6.04. The predicted octanol–water partition coefficient (Wildman–Crippen LogP) is 1.54. The van der Waals surface area contributed by atoms with Gasteiger partial charge in [-0.05, 0) is 43.2 Å². The lowest BCUT2D eigenvalue weighted by molar-refractivity contribution is 0.0296. The van der Waals surface area contributed by atoms with Crippen molar-refractivity contribution in [3.63, 3.8) is 0 Å². The van der Waals surface area contributed by atoms with E-state index in [1.54, 1.807) is 20.8 Å². The lowest BCUT2D eigenvalue weighted by Crippen LogP contribution is -2.56. The van der Waals surface area contributed by atoms with E-state index in [0.717, 1.165) is 5.56 Å². The number of aliphatic hydroxyl groups excluding tert-OH is 2. The topological polar surface area (TPSA) is 78.8 Å². The van der Waals surface area contributed by atoms with Gasteiger partial charge in [-0.25, -0.2) is 4.79 Å². The molecule has 5 nitrogen and oxygen atoms in total. The van der Waals surface area contributed by atoms with Crippen LogP contribution < -0.4 is 5.32 Å². The Bertz CT molecular complexity index is 393. The van der Waals surface area contributed by atoms with Crippen molar-refractivity contribution in [2.75, 3.05) is 13.2 Å². The highest BCUT2D eigenvalue weighted by Crippen LogP contribution is 2.17. The smallest absolute Gasteiger partial charge is 0.408 e. The van der Waals surface area contributed by atoms with Gasteiger partial charge in [-0.1, -0.05) is 0 Å². The van der Waals surface area contributed by atoms with Gasteiger partial charge in [-0.15, -0.1) is 0 Å². The molecule has 1 heterocycles. The molecule has 0 fully saturated rings. The van der Waals surface area contributed by atoms with Gasteiger partial charge in [0, 0.05) is 6.42 Å². The molecule has 108 valence electrons. The van der Waals surface area contributed by atoms with E-state index < -0.39 is 17.2 Å². The van der Waals surface area contributed by atoms with Crippen LogP contribution in [0.2, 0.25) is 0 Å². The third kappa shape index (κ3) is 5.18. The fourth-order valence-corrected chi connectivity index (χ4v) is 2.26. The number of nitrogens with one attached hydrogen (secondary N) is 1. The summed E-state index contributed by atoms with van der Waals surface area (Å²) < 4.78 is 5.15. The molecule has 6 heteroatoms. The standard InChI is InChI=1S/C13H21NO4S/c1-12(2,3)18-11(17)14-13(8-15,9-16)6-10-4-5-19-7-10/h4-5,7,15-16H,6,8-9H2,1-3H3,(H,14,17). The van der Waals surface area contributed by atoms with E-state index in [-0.39, 0.29) is 13.2 Å². The Balaban J connectivity index is 2.73. The van der Waals surface area contributed by atoms with Crippen molar-refractivity contribution in [1.29, 1.82) is 0 Å². The van der Waals surface area contributed by atoms with Gasteiger partial charge in [0.05, 0.1) is 18.8 Å². The minimum atomic E-state index is -1.11. The van der Waals surface area contributed by atoms with E-state index in [0.29, 0.717) is 6.42 Å². The molecule has 0 atom stereocenters. The van der Waals surface area contributed by atoms with E-state index in [9.17, 15) is 15.0 Å². The molecule has 3 N–H and O–H groups in total. The Hall–Kier alpha value is -1.11. The molecule has 0 spiro atoms. The Morgan fingerprint density at radius 3 is 2.42 bits per heavy atom. The average molecular weight is 287 g/mol. The average Bonchev–Trinajstić information content (AvgIpc) is 2.78. The number of ether oxygens (including phenoxy) is 1. The van der Waals surface area contributed by atoms with Crippen molar-refractivity contribution in [3.8, 4) is 0 Å². The van der Waals surface area contributed by atoms with Crippen LogP contribution in [0.1, 0.15) is 26.3 Å². The monoisotopic (exact) mass is 287 g/mol. The highest BCUT2D eigenvalue weighted by atomic mass is 32.1. The van der Waals surface area contributed by atoms with Crippen LogP contribution in [0.15, 0.2) is 16.8 Å². The summed E-state index contributed by atoms with van der Waals surface area (Å²) in [5.41, 5.74) is -0.781. The first-order valence-corrected chi connectivity index (χ1v) is 6.98. The third-order valence-electron chi connectivity index (χ3n) is 2.49. The lowest BCUT2D eigenvalue weighted by Gasteiger charge is -2.32. The fourth-order valence-electron chi connectivity index (χ4n) is 1.59. The summed E-state index contributed by atoms with van der Waals surface area (Å²) in [6.45, 7) is 4.54. The normalized spacial score (nSPS) is 12.3. The summed E-state index contributed by atoms with van der Waals surface area (Å²) in [6.07, 6.45) is -0.297. The first-order chi connectivity index (χ1) is 8.80. The number of thiophene rings is 1. The van der Waals surface area contributed by atoms with Crippen molar-refractivity contribution in [2.45, 2.75) is 38.3 Å². The summed E-state index contributed by atoms with van der Waals surface area (Å²) in [5.74, 6) is 0. The molecule has 0 aliphatic heterocycles. The minimum absolute atomic E-state index is 0.350. The quantitative estimate of drug-likeness (QED) is 0.767. The van der Waals surface area contributed by atoms with Crippen molar-refractivity contribution in [3.05, 3.63) is 22.4 Å². The second-order valence-corrected chi connectivity index (χ2v) is 6.31. The molecule has 1 aromatic heterocycles. The number of hydrogen-bond acceptors (Lipinski definition) is 5. The Labute approximate surface area is 117 Å². The van der Waals surface area contributed by atoms with E-state index in [1.165, 1.54) is 11.3 Å². The van der Waals surface area contributed by atoms with Gasteiger partial charge in [0.15, 0.2) is 0 Å². The van der Waals surface area contributed by atoms with Crippen LogP contribution in [0.5, 0.6) is 0 Å². The largest absolute Gasteiger partial charge is 0.444 e. The van der Waals surface area contributed by atoms with Crippen LogP contribution in [0.25, 0.3) is 0 Å². The van der Waals surface area contributed by atoms with Gasteiger partial charge in [-0.2, -0.15) is 11.3 Å². The van der Waals surface area contributed by atoms with E-state index >= 15 is 0 Å². The highest BCUT2D eigenvalue weighted by molar-refractivity contribution is 7.07. The number of hydrogen-bond donors (Lipinski definition) is 3. The molecule has 0 aromatic carbocycles.